The third-order valence-electron chi connectivity index (χ3n) is 12.8. The summed E-state index contributed by atoms with van der Waals surface area (Å²) in [5.41, 5.74) is 27.1. The number of hydrogen-bond donors (Lipinski definition) is 10. The van der Waals surface area contributed by atoms with Gasteiger partial charge in [-0.05, 0) is 76.6 Å². The van der Waals surface area contributed by atoms with Gasteiger partial charge in [-0.3, -0.25) is 0 Å². The number of unbranched alkanes of at least 4 members (excludes halogenated alkanes) is 45. The molecule has 0 aliphatic carbocycles. The molecule has 0 atom stereocenters. The second-order valence-corrected chi connectivity index (χ2v) is 23.0. The highest BCUT2D eigenvalue weighted by atomic mass is 32.5. The normalized spacial score (nSPS) is 10.5. The fourth-order valence-electron chi connectivity index (χ4n) is 8.16. The van der Waals surface area contributed by atoms with Crippen molar-refractivity contribution in [2.24, 2.45) is 28.7 Å². The molecule has 73 heavy (non-hydrogen) atoms. The lowest BCUT2D eigenvalue weighted by atomic mass is 10.1. The summed E-state index contributed by atoms with van der Waals surface area (Å²) in [7, 11) is 0. The van der Waals surface area contributed by atoms with Crippen LogP contribution in [0.15, 0.2) is 0 Å². The van der Waals surface area contributed by atoms with Crippen LogP contribution in [0.4, 0.5) is 0 Å². The molecule has 0 unspecified atom stereocenters. The van der Waals surface area contributed by atoms with Crippen molar-refractivity contribution in [3.8, 4) is 0 Å². The van der Waals surface area contributed by atoms with Crippen LogP contribution in [0.3, 0.4) is 0 Å². The van der Waals surface area contributed by atoms with Crippen LogP contribution in [0.5, 0.6) is 0 Å². The van der Waals surface area contributed by atoms with E-state index < -0.39 is 6.72 Å². The van der Waals surface area contributed by atoms with E-state index in [1.165, 1.54) is 321 Å². The fourth-order valence-corrected chi connectivity index (χ4v) is 8.16. The number of nitrogens with two attached hydrogens (primary N) is 5. The maximum atomic E-state index is 7.56. The monoisotopic (exact) mass is 1090 g/mol. The molecule has 0 spiro atoms. The van der Waals surface area contributed by atoms with E-state index in [0.717, 1.165) is 32.7 Å². The summed E-state index contributed by atoms with van der Waals surface area (Å²) in [6, 6.07) is 0. The number of hydrogen-bond acceptors (Lipinski definition) is 8. The molecule has 0 saturated heterocycles. The van der Waals surface area contributed by atoms with Gasteiger partial charge in [-0.2, -0.15) is 0 Å². The third-order valence-corrected chi connectivity index (χ3v) is 12.8. The Morgan fingerprint density at radius 1 is 0.233 bits per heavy atom. The molecule has 1 radical (unpaired) electrons. The van der Waals surface area contributed by atoms with Gasteiger partial charge in [0.25, 0.3) is 0 Å². The second-order valence-electron chi connectivity index (χ2n) is 20.5. The molecule has 0 aliphatic rings. The highest BCUT2D eigenvalue weighted by Gasteiger charge is 1.96. The smallest absolute Gasteiger partial charge is 0.429 e. The summed E-state index contributed by atoms with van der Waals surface area (Å²) in [4.78, 5) is 22.7. The van der Waals surface area contributed by atoms with E-state index in [2.05, 4.69) is 46.4 Å². The van der Waals surface area contributed by atoms with E-state index in [-0.39, 0.29) is 7.69 Å². The molecule has 0 saturated carbocycles. The van der Waals surface area contributed by atoms with Crippen molar-refractivity contribution in [3.63, 3.8) is 0 Å². The van der Waals surface area contributed by atoms with Gasteiger partial charge in [0.1, 0.15) is 0 Å². The van der Waals surface area contributed by atoms with Crippen LogP contribution in [-0.2, 0) is 11.8 Å². The van der Waals surface area contributed by atoms with Crippen LogP contribution in [0.2, 0.25) is 0 Å². The van der Waals surface area contributed by atoms with Gasteiger partial charge in [0, 0.05) is 0 Å². The molecule has 0 rings (SSSR count). The van der Waals surface area contributed by atoms with Crippen molar-refractivity contribution in [3.05, 3.63) is 0 Å². The van der Waals surface area contributed by atoms with Crippen LogP contribution in [0.1, 0.15) is 356 Å². The summed E-state index contributed by atoms with van der Waals surface area (Å²) in [6.07, 6.45) is 69.7. The van der Waals surface area contributed by atoms with Crippen molar-refractivity contribution < 1.29 is 24.7 Å². The maximum Gasteiger partial charge on any atom is 0.482 e. The molecule has 13 heteroatoms. The van der Waals surface area contributed by atoms with Crippen molar-refractivity contribution in [2.45, 2.75) is 356 Å². The minimum atomic E-state index is -3.81. The topological polar surface area (TPSA) is 231 Å². The predicted molar refractivity (Wildman–Crippen MR) is 336 cm³/mol. The Morgan fingerprint density at radius 3 is 0.370 bits per heavy atom. The Labute approximate surface area is 465 Å². The van der Waals surface area contributed by atoms with Crippen molar-refractivity contribution in [1.82, 2.24) is 0 Å². The lowest BCUT2D eigenvalue weighted by Crippen LogP contribution is -1.97. The van der Waals surface area contributed by atoms with Crippen molar-refractivity contribution in [1.29, 1.82) is 0 Å². The van der Waals surface area contributed by atoms with E-state index >= 15 is 0 Å². The van der Waals surface area contributed by atoms with Gasteiger partial charge >= 0.3 is 14.4 Å². The largest absolute Gasteiger partial charge is 0.482 e. The van der Waals surface area contributed by atoms with Crippen LogP contribution in [0.25, 0.3) is 0 Å². The molecule has 0 heterocycles. The SMILES string of the molecule is CCCCCCCCCCCCN.CCCCCCCCCCCCN.CCCCCCCCCCCCN.CCCCCCCCCCCCN.CCCCCCCCCCCCN.OP(O)(O)=S.O[B]O. The van der Waals surface area contributed by atoms with Crippen molar-refractivity contribution >= 4 is 26.2 Å². The molecule has 10 nitrogen and oxygen atoms in total. The molecule has 0 aromatic rings. The highest BCUT2D eigenvalue weighted by Crippen LogP contribution is 2.26. The summed E-state index contributed by atoms with van der Waals surface area (Å²) in [5.74, 6) is 0. The molecular formula is C60H140BN5O5PS. The standard InChI is InChI=1S/5C12H27N.BH2O2.H3O3PS/c5*1-2-3-4-5-6-7-8-9-10-11-12-13;2-1-3;1-4(2,3)5/h5*2-13H2,1H3;2-3H;(H3,1,2,3,5). The average Bonchev–Trinajstić information content (AvgIpc) is 3.37. The van der Waals surface area contributed by atoms with Gasteiger partial charge in [-0.1, -0.05) is 324 Å². The van der Waals surface area contributed by atoms with Gasteiger partial charge in [0.2, 0.25) is 0 Å². The molecular weight excluding hydrogens is 945 g/mol. The van der Waals surface area contributed by atoms with Gasteiger partial charge in [-0.25, -0.2) is 0 Å². The maximum absolute atomic E-state index is 7.56. The van der Waals surface area contributed by atoms with Crippen LogP contribution in [-0.4, -0.2) is 65.1 Å². The Balaban J connectivity index is -0.000000144. The summed E-state index contributed by atoms with van der Waals surface area (Å²) < 4.78 is 0. The first-order chi connectivity index (χ1) is 35.5. The summed E-state index contributed by atoms with van der Waals surface area (Å²) in [6.45, 7) is 11.9. The van der Waals surface area contributed by atoms with Crippen LogP contribution >= 0.6 is 6.72 Å². The number of rotatable bonds is 50. The zero-order valence-electron chi connectivity index (χ0n) is 50.4. The molecule has 0 aliphatic heterocycles. The fraction of sp³-hybridized carbons (Fsp3) is 1.00. The molecule has 449 valence electrons. The first-order valence-corrected chi connectivity index (χ1v) is 34.5. The van der Waals surface area contributed by atoms with Crippen molar-refractivity contribution in [2.75, 3.05) is 32.7 Å². The third kappa shape index (κ3) is 141. The van der Waals surface area contributed by atoms with Gasteiger partial charge in [0.15, 0.2) is 0 Å². The molecule has 0 aromatic heterocycles. The minimum absolute atomic E-state index is 0. The average molecular weight is 1090 g/mol. The minimum Gasteiger partial charge on any atom is -0.429 e. The summed E-state index contributed by atoms with van der Waals surface area (Å²) >= 11 is 3.60. The van der Waals surface area contributed by atoms with E-state index in [9.17, 15) is 0 Å². The Hall–Kier alpha value is 0.315. The molecule has 0 fully saturated rings. The van der Waals surface area contributed by atoms with Gasteiger partial charge in [-0.15, -0.1) is 0 Å². The van der Waals surface area contributed by atoms with E-state index in [1.807, 2.05) is 0 Å². The van der Waals surface area contributed by atoms with E-state index in [0.29, 0.717) is 0 Å². The highest BCUT2D eigenvalue weighted by molar-refractivity contribution is 8.06. The second kappa shape index (κ2) is 94.7. The first kappa shape index (κ1) is 87.2. The Kier molecular flexibility index (Phi) is 113. The first-order valence-electron chi connectivity index (χ1n) is 31.9. The lowest BCUT2D eigenvalue weighted by molar-refractivity contribution is 0.363. The van der Waals surface area contributed by atoms with Crippen LogP contribution < -0.4 is 28.7 Å². The summed E-state index contributed by atoms with van der Waals surface area (Å²) in [5, 5.41) is 14.0. The van der Waals surface area contributed by atoms with Gasteiger partial charge < -0.3 is 53.4 Å². The Morgan fingerprint density at radius 2 is 0.301 bits per heavy atom. The molecule has 0 aromatic carbocycles. The quantitative estimate of drug-likeness (QED) is 0.0156. The molecule has 0 amide bonds. The Bertz CT molecular complexity index is 674. The zero-order chi connectivity index (χ0) is 56.1. The van der Waals surface area contributed by atoms with Gasteiger partial charge in [0.05, 0.1) is 0 Å². The lowest BCUT2D eigenvalue weighted by Gasteiger charge is -2.00. The van der Waals surface area contributed by atoms with Crippen LogP contribution in [0, 0.1) is 0 Å². The molecule has 0 bridgehead atoms. The predicted octanol–water partition coefficient (Wildman–Crippen LogP) is 17.0. The van der Waals surface area contributed by atoms with E-state index in [1.54, 1.807) is 0 Å². The zero-order valence-corrected chi connectivity index (χ0v) is 52.2. The molecule has 15 N–H and O–H groups in total. The van der Waals surface area contributed by atoms with E-state index in [4.69, 9.17) is 53.4 Å².